The first kappa shape index (κ1) is 60.2. The van der Waals surface area contributed by atoms with E-state index in [1.165, 1.54) is 33.0 Å². The van der Waals surface area contributed by atoms with Crippen molar-refractivity contribution in [3.8, 4) is 41.4 Å². The van der Waals surface area contributed by atoms with E-state index in [1.807, 2.05) is 39.0 Å². The maximum absolute atomic E-state index is 14.2. The second-order valence-corrected chi connectivity index (χ2v) is 23.6. The Labute approximate surface area is 454 Å². The molecule has 1 aliphatic carbocycles. The van der Waals surface area contributed by atoms with Crippen molar-refractivity contribution in [2.75, 3.05) is 34.1 Å². The molecule has 75 heavy (non-hydrogen) atoms. The number of methoxy groups -OCH3 is 3. The first-order valence-corrected chi connectivity index (χ1v) is 28.4. The average molecular weight is 1100 g/mol. The number of nitrogens with one attached hydrogen (secondary N) is 2. The Bertz CT molecular complexity index is 2490. The van der Waals surface area contributed by atoms with Gasteiger partial charge in [-0.3, -0.25) is 14.4 Å². The van der Waals surface area contributed by atoms with Gasteiger partial charge in [0.2, 0.25) is 17.2 Å². The van der Waals surface area contributed by atoms with Crippen molar-refractivity contribution < 1.29 is 67.6 Å². The van der Waals surface area contributed by atoms with Gasteiger partial charge in [-0.15, -0.1) is 6.42 Å². The van der Waals surface area contributed by atoms with Gasteiger partial charge in [0.15, 0.2) is 29.9 Å². The number of thioether (sulfide) groups is 1. The lowest BCUT2D eigenvalue weighted by Crippen LogP contribution is -2.59. The van der Waals surface area contributed by atoms with Crippen LogP contribution in [0.4, 0.5) is 0 Å². The number of benzene rings is 2. The van der Waals surface area contributed by atoms with Gasteiger partial charge < -0.3 is 58.5 Å². The van der Waals surface area contributed by atoms with Crippen molar-refractivity contribution in [3.05, 3.63) is 87.7 Å². The number of aliphatic hydroxyl groups excluding tert-OH is 3. The molecule has 0 spiro atoms. The van der Waals surface area contributed by atoms with Crippen molar-refractivity contribution in [1.29, 1.82) is 0 Å². The molecule has 14 atom stereocenters. The number of allylic oxidation sites excluding steroid dienone is 3. The summed E-state index contributed by atoms with van der Waals surface area (Å²) in [4.78, 5) is 33.9. The van der Waals surface area contributed by atoms with Gasteiger partial charge in [0.1, 0.15) is 24.4 Å². The molecule has 3 saturated heterocycles. The van der Waals surface area contributed by atoms with Gasteiger partial charge in [0.25, 0.3) is 0 Å². The standard InChI is InChI=1S/C56H74N2O14S3/c1-14-15-16-20-23-40(45-37(30(2)28-38(59)47(45)57-10)26-27-73-75-56(8,9)36-21-18-17-19-22-36)70-43-29-39(60)46(34(6)68-43)58-72-42-25-24-41(33(5)67-42)74-54(63)44-31(3)32(4)50(53(66-13)51(44)64-11)71-55-49(62)52(65-12)48(61)35(7)69-55/h1,15-19,21-22,26,30,33-35,39-43,46,48-49,52,55,57-58,60-62H,24-25,27-29H2,2-13H3/b16-15-,37-26-/t30?,33?,34?,35-,39?,40-,41-,42?,43?,46+,48?,49+,52+,55?/m0/s1. The van der Waals surface area contributed by atoms with Gasteiger partial charge in [-0.05, 0) is 95.2 Å². The van der Waals surface area contributed by atoms with Crippen LogP contribution in [0, 0.1) is 44.0 Å². The topological polar surface area (TPSA) is 202 Å². The molecule has 0 aromatic heterocycles. The van der Waals surface area contributed by atoms with Crippen LogP contribution < -0.4 is 25.0 Å². The molecule has 5 N–H and O–H groups in total. The normalized spacial score (nSPS) is 30.3. The number of Topliss-reactive ketones (excluding diaryl/α,β-unsaturated/α-hetero) is 1. The highest BCUT2D eigenvalue weighted by molar-refractivity contribution is 8.77. The summed E-state index contributed by atoms with van der Waals surface area (Å²) in [6.07, 6.45) is 2.22. The van der Waals surface area contributed by atoms with E-state index in [2.05, 4.69) is 60.6 Å². The van der Waals surface area contributed by atoms with Crippen LogP contribution in [0.1, 0.15) is 94.3 Å². The van der Waals surface area contributed by atoms with E-state index in [0.717, 1.165) is 17.3 Å². The van der Waals surface area contributed by atoms with Crippen molar-refractivity contribution in [2.24, 2.45) is 5.92 Å². The monoisotopic (exact) mass is 1090 g/mol. The highest BCUT2D eigenvalue weighted by Gasteiger charge is 2.46. The lowest BCUT2D eigenvalue weighted by atomic mass is 9.79. The Balaban J connectivity index is 1.08. The molecule has 2 aromatic carbocycles. The summed E-state index contributed by atoms with van der Waals surface area (Å²) in [5, 5.41) is 35.7. The van der Waals surface area contributed by atoms with E-state index in [9.17, 15) is 24.9 Å². The predicted molar refractivity (Wildman–Crippen MR) is 292 cm³/mol. The molecule has 8 unspecified atom stereocenters. The van der Waals surface area contributed by atoms with Crippen molar-refractivity contribution in [2.45, 2.75) is 165 Å². The highest BCUT2D eigenvalue weighted by Crippen LogP contribution is 2.49. The SMILES string of the molecule is C#C/C=C\C#C[C@H](OC1CC(O)[C@H](NOC2CC[C@H](SC(=O)c3c(C)c(C)c(OC4O[C@@H](C)C(O)[C@@H](OC)[C@H]4O)c(OC)c3OC)C(C)O2)C(C)O1)C1=C(NC)C(=O)CC(C)/C1=C/CSSC(C)(C)c1ccccc1. The Hall–Kier alpha value is -4.03. The molecule has 0 bridgehead atoms. The fourth-order valence-electron chi connectivity index (χ4n) is 9.64. The van der Waals surface area contributed by atoms with Gasteiger partial charge in [0.05, 0.1) is 55.9 Å². The largest absolute Gasteiger partial charge is 0.492 e. The van der Waals surface area contributed by atoms with Gasteiger partial charge in [-0.1, -0.05) is 94.4 Å². The molecule has 2 aromatic rings. The third kappa shape index (κ3) is 14.4. The first-order chi connectivity index (χ1) is 35.8. The lowest BCUT2D eigenvalue weighted by molar-refractivity contribution is -0.273. The van der Waals surface area contributed by atoms with Crippen LogP contribution >= 0.6 is 33.3 Å². The molecule has 4 aliphatic rings. The average Bonchev–Trinajstić information content (AvgIpc) is 3.38. The first-order valence-electron chi connectivity index (χ1n) is 25.2. The molecule has 410 valence electrons. The summed E-state index contributed by atoms with van der Waals surface area (Å²) in [6.45, 7) is 15.3. The smallest absolute Gasteiger partial charge is 0.229 e. The quantitative estimate of drug-likeness (QED) is 0.0408. The Kier molecular flexibility index (Phi) is 22.1. The van der Waals surface area contributed by atoms with Crippen molar-refractivity contribution in [3.63, 3.8) is 0 Å². The van der Waals surface area contributed by atoms with E-state index < -0.39 is 73.7 Å². The number of hydroxylamine groups is 1. The van der Waals surface area contributed by atoms with Crippen LogP contribution in [-0.2, 0) is 38.1 Å². The molecule has 0 radical (unpaired) electrons. The van der Waals surface area contributed by atoms with Crippen molar-refractivity contribution in [1.82, 2.24) is 10.8 Å². The van der Waals surface area contributed by atoms with Gasteiger partial charge in [-0.25, -0.2) is 0 Å². The van der Waals surface area contributed by atoms with E-state index >= 15 is 0 Å². The number of terminal acetylenes is 1. The van der Waals surface area contributed by atoms with Gasteiger partial charge in [0, 0.05) is 54.7 Å². The molecular formula is C56H74N2O14S3. The van der Waals surface area contributed by atoms with Crippen LogP contribution in [0.15, 0.2) is 65.4 Å². The summed E-state index contributed by atoms with van der Waals surface area (Å²) in [5.41, 5.74) is 7.68. The van der Waals surface area contributed by atoms with Crippen LogP contribution in [0.2, 0.25) is 0 Å². The maximum Gasteiger partial charge on any atom is 0.229 e. The van der Waals surface area contributed by atoms with Crippen LogP contribution in [-0.4, -0.2) is 139 Å². The molecule has 19 heteroatoms. The minimum atomic E-state index is -1.33. The molecular weight excluding hydrogens is 1020 g/mol. The summed E-state index contributed by atoms with van der Waals surface area (Å²) in [6, 6.07) is 9.71. The number of ketones is 1. The highest BCUT2D eigenvalue weighted by atomic mass is 33.1. The Morgan fingerprint density at radius 3 is 2.27 bits per heavy atom. The summed E-state index contributed by atoms with van der Waals surface area (Å²) < 4.78 is 48.2. The molecule has 6 rings (SSSR count). The Morgan fingerprint density at radius 2 is 1.63 bits per heavy atom. The van der Waals surface area contributed by atoms with Crippen LogP contribution in [0.5, 0.6) is 17.2 Å². The third-order valence-electron chi connectivity index (χ3n) is 14.0. The zero-order valence-electron chi connectivity index (χ0n) is 44.9. The number of hydrogen-bond acceptors (Lipinski definition) is 19. The number of likely N-dealkylation sites (N-methyl/N-ethyl adjacent to an activating group) is 1. The number of rotatable bonds is 19. The number of hydrogen-bond donors (Lipinski definition) is 5. The zero-order chi connectivity index (χ0) is 54.7. The predicted octanol–water partition coefficient (Wildman–Crippen LogP) is 7.24. The van der Waals surface area contributed by atoms with E-state index in [4.69, 9.17) is 49.2 Å². The second kappa shape index (κ2) is 27.5. The third-order valence-corrected chi connectivity index (χ3v) is 18.4. The lowest BCUT2D eigenvalue weighted by Gasteiger charge is -2.41. The number of carbonyl (C=O) groups excluding carboxylic acids is 2. The second-order valence-electron chi connectivity index (χ2n) is 19.4. The van der Waals surface area contributed by atoms with E-state index in [0.29, 0.717) is 53.0 Å². The van der Waals surface area contributed by atoms with Crippen LogP contribution in [0.25, 0.3) is 0 Å². The molecule has 3 aliphatic heterocycles. The van der Waals surface area contributed by atoms with E-state index in [-0.39, 0.29) is 50.5 Å². The minimum Gasteiger partial charge on any atom is -0.492 e. The summed E-state index contributed by atoms with van der Waals surface area (Å²) in [7, 11) is 9.48. The van der Waals surface area contributed by atoms with Gasteiger partial charge in [-0.2, -0.15) is 5.48 Å². The molecule has 0 saturated carbocycles. The van der Waals surface area contributed by atoms with Gasteiger partial charge >= 0.3 is 0 Å². The number of ether oxygens (including phenoxy) is 8. The summed E-state index contributed by atoms with van der Waals surface area (Å²) >= 11 is 1.12. The summed E-state index contributed by atoms with van der Waals surface area (Å²) in [5.74, 6) is 9.65. The zero-order valence-corrected chi connectivity index (χ0v) is 47.3. The fourth-order valence-corrected chi connectivity index (χ4v) is 13.2. The van der Waals surface area contributed by atoms with Crippen LogP contribution in [0.3, 0.4) is 0 Å². The number of carbonyl (C=O) groups is 2. The minimum absolute atomic E-state index is 0.0511. The molecule has 3 fully saturated rings. The molecule has 0 amide bonds. The maximum atomic E-state index is 14.2. The Morgan fingerprint density at radius 1 is 0.920 bits per heavy atom. The van der Waals surface area contributed by atoms with E-state index in [1.54, 1.807) is 55.5 Å². The number of aliphatic hydroxyl groups is 3. The van der Waals surface area contributed by atoms with Crippen molar-refractivity contribution >= 4 is 44.2 Å². The fraction of sp³-hybridized carbons (Fsp3) is 0.571. The molecule has 16 nitrogen and oxygen atoms in total. The molecule has 3 heterocycles.